The van der Waals surface area contributed by atoms with Gasteiger partial charge in [0.1, 0.15) is 29.6 Å². The number of methoxy groups -OCH3 is 1. The van der Waals surface area contributed by atoms with Crippen LogP contribution < -0.4 is 0 Å². The summed E-state index contributed by atoms with van der Waals surface area (Å²) in [6, 6.07) is -0.668. The highest BCUT2D eigenvalue weighted by Gasteiger charge is 2.77. The van der Waals surface area contributed by atoms with Gasteiger partial charge in [0.25, 0.3) is 0 Å². The van der Waals surface area contributed by atoms with Gasteiger partial charge in [-0.1, -0.05) is 54.0 Å². The van der Waals surface area contributed by atoms with Crippen molar-refractivity contribution in [3.05, 3.63) is 23.8 Å². The maximum absolute atomic E-state index is 18.0. The number of ketones is 1. The maximum atomic E-state index is 18.0. The van der Waals surface area contributed by atoms with Gasteiger partial charge in [0.2, 0.25) is 0 Å². The van der Waals surface area contributed by atoms with Crippen molar-refractivity contribution in [2.75, 3.05) is 39.8 Å². The first-order chi connectivity index (χ1) is 32.5. The molecule has 402 valence electrons. The normalized spacial score (nSPS) is 45.7. The number of aliphatic hydroxyl groups is 6. The molecule has 0 aromatic carbocycles. The topological polar surface area (TPSA) is 207 Å². The summed E-state index contributed by atoms with van der Waals surface area (Å²) in [5, 5.41) is 69.9. The molecule has 3 unspecified atom stereocenters. The first kappa shape index (κ1) is 58.5. The van der Waals surface area contributed by atoms with Crippen molar-refractivity contribution in [3.8, 4) is 0 Å². The monoisotopic (exact) mass is 997 g/mol. The van der Waals surface area contributed by atoms with E-state index in [-0.39, 0.29) is 49.5 Å². The Balaban J connectivity index is 1.35. The van der Waals surface area contributed by atoms with Crippen LogP contribution in [0.25, 0.3) is 0 Å². The van der Waals surface area contributed by atoms with E-state index in [1.807, 2.05) is 32.6 Å². The van der Waals surface area contributed by atoms with Gasteiger partial charge in [0, 0.05) is 48.9 Å². The highest BCUT2D eigenvalue weighted by molar-refractivity contribution is 6.01. The van der Waals surface area contributed by atoms with Crippen LogP contribution in [0, 0.1) is 46.3 Å². The van der Waals surface area contributed by atoms with Crippen molar-refractivity contribution < 1.29 is 68.0 Å². The Hall–Kier alpha value is -2.41. The lowest BCUT2D eigenvalue weighted by Crippen LogP contribution is -2.71. The van der Waals surface area contributed by atoms with Crippen molar-refractivity contribution in [3.63, 3.8) is 0 Å². The molecule has 14 nitrogen and oxygen atoms in total. The predicted molar refractivity (Wildman–Crippen MR) is 262 cm³/mol. The molecule has 0 aromatic rings. The number of halogens is 2. The summed E-state index contributed by atoms with van der Waals surface area (Å²) in [6.45, 7) is 23.2. The second kappa shape index (κ2) is 22.2. The number of rotatable bonds is 14. The van der Waals surface area contributed by atoms with E-state index in [0.29, 0.717) is 45.6 Å². The van der Waals surface area contributed by atoms with Crippen molar-refractivity contribution in [1.29, 1.82) is 0 Å². The van der Waals surface area contributed by atoms with Gasteiger partial charge in [-0.3, -0.25) is 19.3 Å². The molecule has 4 aliphatic carbocycles. The van der Waals surface area contributed by atoms with E-state index in [0.717, 1.165) is 12.8 Å². The van der Waals surface area contributed by atoms with Gasteiger partial charge in [-0.05, 0) is 142 Å². The zero-order valence-corrected chi connectivity index (χ0v) is 44.5. The van der Waals surface area contributed by atoms with E-state index in [4.69, 9.17) is 14.2 Å². The molecule has 1 aliphatic heterocycles. The summed E-state index contributed by atoms with van der Waals surface area (Å²) in [7, 11) is 1.54. The lowest BCUT2D eigenvalue weighted by molar-refractivity contribution is -0.253. The van der Waals surface area contributed by atoms with Crippen molar-refractivity contribution in [2.45, 2.75) is 212 Å². The summed E-state index contributed by atoms with van der Waals surface area (Å²) in [5.74, 6) is -5.69. The SMILES string of the molecule is CCCCN(CCCN1C[C@@H](C)C[C@@](C)(O)[C@@H](O)[C@H](C)[C@H](O)[C@H](C)C(=O)O[C@@H](CC)[C@@](C)(O)[C@@H](O)[C@@H]1C)CCC(=O)O[C@]1(C(C)OC)[C@H](C)CC2C3C[C@H](F)C4=CC(=O)C=C[C@]4(C)[C@@]3(F)[C@@H](O)C[C@@]21C. The number of carbonyl (C=O) groups excluding carboxylic acids is 3. The van der Waals surface area contributed by atoms with Gasteiger partial charge < -0.3 is 49.7 Å². The average molecular weight is 997 g/mol. The molecule has 0 spiro atoms. The van der Waals surface area contributed by atoms with Crippen LogP contribution >= 0.6 is 0 Å². The first-order valence-electron chi connectivity index (χ1n) is 26.3. The molecule has 16 heteroatoms. The third-order valence-electron chi connectivity index (χ3n) is 18.6. The minimum Gasteiger partial charge on any atom is -0.459 e. The molecule has 0 aromatic heterocycles. The molecule has 3 saturated carbocycles. The lowest BCUT2D eigenvalue weighted by atomic mass is 9.44. The van der Waals surface area contributed by atoms with Crippen LogP contribution in [0.4, 0.5) is 8.78 Å². The van der Waals surface area contributed by atoms with Crippen molar-refractivity contribution in [1.82, 2.24) is 9.80 Å². The molecule has 0 bridgehead atoms. The number of alkyl halides is 2. The molecule has 5 rings (SSSR count). The summed E-state index contributed by atoms with van der Waals surface area (Å²) in [4.78, 5) is 44.3. The number of cyclic esters (lactones) is 1. The summed E-state index contributed by atoms with van der Waals surface area (Å²) >= 11 is 0. The second-order valence-electron chi connectivity index (χ2n) is 23.4. The Bertz CT molecular complexity index is 1900. The predicted octanol–water partition coefficient (Wildman–Crippen LogP) is 5.66. The standard InChI is InChI=1S/C54H90F2N2O12/c1-14-16-21-57(22-17-23-58-30-31(3)28-51(11,66)46(63)33(5)45(62)34(6)48(65)69-43(15-2)52(12,67)47(64)35(58)7)24-19-44(61)70-54(36(8)68-13)32(4)25-38-39-27-41(55)40-26-37(59)18-20-49(40,9)53(39,56)42(60)29-50(38,54)10/h18,20,26,31-36,38-39,41-43,45-47,60,62-64,66-67H,14-17,19,21-25,27-30H2,1-13H3/t31-,32+,33+,34-,35-,36?,38?,39?,41-,42-,43-,45-,46-,47-,49-,50-,51+,52+,53-,54-/m0/s1. The zero-order chi connectivity index (χ0) is 52.7. The number of aliphatic hydroxyl groups excluding tert-OH is 4. The number of fused-ring (bicyclic) bond motifs is 5. The maximum Gasteiger partial charge on any atom is 0.311 e. The lowest BCUT2D eigenvalue weighted by Gasteiger charge is -2.64. The number of nitrogens with zero attached hydrogens (tertiary/aromatic N) is 2. The fraction of sp³-hybridized carbons (Fsp3) is 0.870. The van der Waals surface area contributed by atoms with Crippen molar-refractivity contribution in [2.24, 2.45) is 46.3 Å². The summed E-state index contributed by atoms with van der Waals surface area (Å²) in [6.07, 6.45) is -2.42. The highest BCUT2D eigenvalue weighted by atomic mass is 19.1. The fourth-order valence-corrected chi connectivity index (χ4v) is 14.4. The molecule has 5 aliphatic rings. The summed E-state index contributed by atoms with van der Waals surface area (Å²) in [5.41, 5.74) is -9.59. The molecule has 4 fully saturated rings. The van der Waals surface area contributed by atoms with Gasteiger partial charge in [-0.15, -0.1) is 0 Å². The highest BCUT2D eigenvalue weighted by Crippen LogP contribution is 2.72. The van der Waals surface area contributed by atoms with Crippen molar-refractivity contribution >= 4 is 17.7 Å². The van der Waals surface area contributed by atoms with Gasteiger partial charge in [0.05, 0.1) is 42.4 Å². The second-order valence-corrected chi connectivity index (χ2v) is 23.4. The molecular weight excluding hydrogens is 907 g/mol. The van der Waals surface area contributed by atoms with E-state index in [9.17, 15) is 45.0 Å². The molecular formula is C54H90F2N2O12. The number of esters is 2. The van der Waals surface area contributed by atoms with Crippen LogP contribution in [-0.4, -0.2) is 169 Å². The van der Waals surface area contributed by atoms with E-state index in [1.165, 1.54) is 46.1 Å². The largest absolute Gasteiger partial charge is 0.459 e. The fourth-order valence-electron chi connectivity index (χ4n) is 14.4. The molecule has 0 radical (unpaired) electrons. The smallest absolute Gasteiger partial charge is 0.311 e. The van der Waals surface area contributed by atoms with E-state index in [2.05, 4.69) is 11.8 Å². The number of hydrogen-bond donors (Lipinski definition) is 6. The number of ether oxygens (including phenoxy) is 3. The summed E-state index contributed by atoms with van der Waals surface area (Å²) < 4.78 is 52.7. The van der Waals surface area contributed by atoms with E-state index >= 15 is 8.78 Å². The minimum atomic E-state index is -2.27. The minimum absolute atomic E-state index is 0.0189. The first-order valence-corrected chi connectivity index (χ1v) is 26.3. The number of hydrogen-bond acceptors (Lipinski definition) is 14. The van der Waals surface area contributed by atoms with Gasteiger partial charge >= 0.3 is 11.9 Å². The molecule has 20 atom stereocenters. The van der Waals surface area contributed by atoms with Gasteiger partial charge in [0.15, 0.2) is 11.5 Å². The quantitative estimate of drug-likeness (QED) is 0.116. The van der Waals surface area contributed by atoms with Crippen LogP contribution in [0.3, 0.4) is 0 Å². The molecule has 1 heterocycles. The molecule has 1 saturated heterocycles. The third kappa shape index (κ3) is 10.5. The molecule has 0 amide bonds. The Labute approximate surface area is 416 Å². The zero-order valence-electron chi connectivity index (χ0n) is 44.5. The molecule has 70 heavy (non-hydrogen) atoms. The molecule has 6 N–H and O–H groups in total. The number of carbonyl (C=O) groups is 3. The van der Waals surface area contributed by atoms with E-state index < -0.39 is 124 Å². The van der Waals surface area contributed by atoms with Gasteiger partial charge in [-0.2, -0.15) is 0 Å². The van der Waals surface area contributed by atoms with Crippen LogP contribution in [0.2, 0.25) is 0 Å². The Morgan fingerprint density at radius 1 is 0.943 bits per heavy atom. The van der Waals surface area contributed by atoms with Crippen LogP contribution in [0.5, 0.6) is 0 Å². The Morgan fingerprint density at radius 2 is 1.59 bits per heavy atom. The Kier molecular flexibility index (Phi) is 18.5. The average Bonchev–Trinajstić information content (AvgIpc) is 3.52. The Morgan fingerprint density at radius 3 is 2.20 bits per heavy atom. The van der Waals surface area contributed by atoms with Crippen LogP contribution in [-0.2, 0) is 28.6 Å². The number of unbranched alkanes of at least 4 members (excludes halogenated alkanes) is 1. The van der Waals surface area contributed by atoms with Gasteiger partial charge in [-0.25, -0.2) is 8.78 Å². The third-order valence-corrected chi connectivity index (χ3v) is 18.6. The van der Waals surface area contributed by atoms with E-state index in [1.54, 1.807) is 27.7 Å². The number of allylic oxidation sites excluding steroid dienone is 4. The van der Waals surface area contributed by atoms with Crippen LogP contribution in [0.1, 0.15) is 141 Å². The van der Waals surface area contributed by atoms with Crippen LogP contribution in [0.15, 0.2) is 23.8 Å².